The van der Waals surface area contributed by atoms with Crippen LogP contribution in [0.5, 0.6) is 0 Å². The number of furan rings is 1. The van der Waals surface area contributed by atoms with Crippen LogP contribution in [0.3, 0.4) is 0 Å². The molecule has 148 valence electrons. The summed E-state index contributed by atoms with van der Waals surface area (Å²) in [5.41, 5.74) is 2.55. The van der Waals surface area contributed by atoms with Crippen molar-refractivity contribution in [3.05, 3.63) is 46.4 Å². The van der Waals surface area contributed by atoms with Gasteiger partial charge in [-0.25, -0.2) is 9.37 Å². The number of rotatable bonds is 4. The van der Waals surface area contributed by atoms with Gasteiger partial charge in [0, 0.05) is 35.3 Å². The lowest BCUT2D eigenvalue weighted by Gasteiger charge is -2.31. The SMILES string of the molecule is Cc1csc(N2CCC(C(=O)NC(C)c3oc4ccc(F)cc4c3C)CC2)n1. The monoisotopic (exact) mass is 401 g/mol. The molecule has 28 heavy (non-hydrogen) atoms. The van der Waals surface area contributed by atoms with Gasteiger partial charge in [-0.3, -0.25) is 4.79 Å². The summed E-state index contributed by atoms with van der Waals surface area (Å²) in [4.78, 5) is 19.6. The molecule has 0 bridgehead atoms. The highest BCUT2D eigenvalue weighted by Gasteiger charge is 2.28. The molecule has 0 saturated carbocycles. The van der Waals surface area contributed by atoms with Gasteiger partial charge in [0.2, 0.25) is 5.91 Å². The van der Waals surface area contributed by atoms with Crippen molar-refractivity contribution in [2.45, 2.75) is 39.7 Å². The average molecular weight is 402 g/mol. The Bertz CT molecular complexity index is 1000. The molecule has 7 heteroatoms. The van der Waals surface area contributed by atoms with E-state index in [1.807, 2.05) is 20.8 Å². The number of hydrogen-bond donors (Lipinski definition) is 1. The molecule has 1 unspecified atom stereocenters. The van der Waals surface area contributed by atoms with E-state index in [0.717, 1.165) is 47.7 Å². The van der Waals surface area contributed by atoms with E-state index in [9.17, 15) is 9.18 Å². The van der Waals surface area contributed by atoms with Crippen molar-refractivity contribution in [1.82, 2.24) is 10.3 Å². The van der Waals surface area contributed by atoms with Gasteiger partial charge >= 0.3 is 0 Å². The Kier molecular flexibility index (Phi) is 5.10. The molecule has 0 spiro atoms. The zero-order valence-electron chi connectivity index (χ0n) is 16.3. The molecule has 1 aliphatic heterocycles. The first-order chi connectivity index (χ1) is 13.4. The summed E-state index contributed by atoms with van der Waals surface area (Å²) in [7, 11) is 0. The molecule has 1 amide bonds. The number of benzene rings is 1. The minimum absolute atomic E-state index is 0.0121. The number of carbonyl (C=O) groups is 1. The van der Waals surface area contributed by atoms with Gasteiger partial charge in [0.25, 0.3) is 0 Å². The number of fused-ring (bicyclic) bond motifs is 1. The fourth-order valence-electron chi connectivity index (χ4n) is 3.84. The number of aryl methyl sites for hydroxylation is 2. The second-order valence-electron chi connectivity index (χ2n) is 7.49. The molecule has 1 fully saturated rings. The van der Waals surface area contributed by atoms with Crippen molar-refractivity contribution in [3.63, 3.8) is 0 Å². The Balaban J connectivity index is 1.39. The highest BCUT2D eigenvalue weighted by Crippen LogP contribution is 2.31. The second kappa shape index (κ2) is 7.54. The lowest BCUT2D eigenvalue weighted by Crippen LogP contribution is -2.41. The van der Waals surface area contributed by atoms with Crippen molar-refractivity contribution in [3.8, 4) is 0 Å². The number of amides is 1. The fourth-order valence-corrected chi connectivity index (χ4v) is 4.70. The van der Waals surface area contributed by atoms with E-state index >= 15 is 0 Å². The van der Waals surface area contributed by atoms with Crippen molar-refractivity contribution in [2.24, 2.45) is 5.92 Å². The van der Waals surface area contributed by atoms with Crippen molar-refractivity contribution in [2.75, 3.05) is 18.0 Å². The van der Waals surface area contributed by atoms with Crippen LogP contribution in [0.1, 0.15) is 42.8 Å². The first-order valence-electron chi connectivity index (χ1n) is 9.58. The Hall–Kier alpha value is -2.41. The number of nitrogens with zero attached hydrogens (tertiary/aromatic N) is 2. The highest BCUT2D eigenvalue weighted by atomic mass is 32.1. The number of piperidine rings is 1. The molecule has 1 atom stereocenters. The third kappa shape index (κ3) is 3.63. The molecule has 5 nitrogen and oxygen atoms in total. The third-order valence-corrected chi connectivity index (χ3v) is 6.45. The van der Waals surface area contributed by atoms with Crippen LogP contribution in [-0.2, 0) is 4.79 Å². The summed E-state index contributed by atoms with van der Waals surface area (Å²) in [5, 5.41) is 6.93. The minimum Gasteiger partial charge on any atom is -0.459 e. The van der Waals surface area contributed by atoms with E-state index in [4.69, 9.17) is 4.42 Å². The molecule has 1 aliphatic rings. The van der Waals surface area contributed by atoms with Gasteiger partial charge in [0.1, 0.15) is 17.2 Å². The Labute approximate surface area is 167 Å². The predicted octanol–water partition coefficient (Wildman–Crippen LogP) is 4.74. The Morgan fingerprint density at radius 2 is 2.11 bits per heavy atom. The average Bonchev–Trinajstić information content (AvgIpc) is 3.26. The zero-order chi connectivity index (χ0) is 19.8. The molecular weight excluding hydrogens is 377 g/mol. The largest absolute Gasteiger partial charge is 0.459 e. The smallest absolute Gasteiger partial charge is 0.223 e. The molecule has 3 heterocycles. The Morgan fingerprint density at radius 1 is 1.36 bits per heavy atom. The van der Waals surface area contributed by atoms with Gasteiger partial charge in [-0.1, -0.05) is 0 Å². The molecule has 0 radical (unpaired) electrons. The van der Waals surface area contributed by atoms with Gasteiger partial charge in [-0.05, 0) is 51.8 Å². The van der Waals surface area contributed by atoms with Crippen LogP contribution < -0.4 is 10.2 Å². The summed E-state index contributed by atoms with van der Waals surface area (Å²) in [5.74, 6) is 0.432. The molecule has 2 aromatic heterocycles. The zero-order valence-corrected chi connectivity index (χ0v) is 17.1. The number of anilines is 1. The summed E-state index contributed by atoms with van der Waals surface area (Å²) in [6.07, 6.45) is 1.61. The van der Waals surface area contributed by atoms with Gasteiger partial charge in [0.15, 0.2) is 5.13 Å². The van der Waals surface area contributed by atoms with E-state index in [0.29, 0.717) is 11.3 Å². The fraction of sp³-hybridized carbons (Fsp3) is 0.429. The lowest BCUT2D eigenvalue weighted by atomic mass is 9.95. The highest BCUT2D eigenvalue weighted by molar-refractivity contribution is 7.13. The van der Waals surface area contributed by atoms with E-state index in [-0.39, 0.29) is 23.7 Å². The number of halogens is 1. The van der Waals surface area contributed by atoms with Crippen LogP contribution in [0, 0.1) is 25.6 Å². The molecule has 1 saturated heterocycles. The van der Waals surface area contributed by atoms with Crippen molar-refractivity contribution in [1.29, 1.82) is 0 Å². The van der Waals surface area contributed by atoms with Crippen LogP contribution in [0.2, 0.25) is 0 Å². The molecule has 0 aliphatic carbocycles. The third-order valence-electron chi connectivity index (χ3n) is 5.43. The van der Waals surface area contributed by atoms with Crippen LogP contribution in [0.25, 0.3) is 11.0 Å². The number of aromatic nitrogens is 1. The summed E-state index contributed by atoms with van der Waals surface area (Å²) in [6.45, 7) is 7.48. The van der Waals surface area contributed by atoms with Gasteiger partial charge in [0.05, 0.1) is 11.7 Å². The number of carbonyl (C=O) groups excluding carboxylic acids is 1. The molecule has 1 aromatic carbocycles. The quantitative estimate of drug-likeness (QED) is 0.686. The van der Waals surface area contributed by atoms with Crippen LogP contribution in [0.15, 0.2) is 28.0 Å². The van der Waals surface area contributed by atoms with Crippen LogP contribution in [0.4, 0.5) is 9.52 Å². The summed E-state index contributed by atoms with van der Waals surface area (Å²) >= 11 is 1.65. The van der Waals surface area contributed by atoms with Crippen molar-refractivity contribution >= 4 is 33.3 Å². The normalized spacial score (nSPS) is 16.5. The molecule has 4 rings (SSSR count). The summed E-state index contributed by atoms with van der Waals surface area (Å²) < 4.78 is 19.4. The maximum atomic E-state index is 13.5. The maximum Gasteiger partial charge on any atom is 0.223 e. The van der Waals surface area contributed by atoms with Gasteiger partial charge in [-0.15, -0.1) is 11.3 Å². The van der Waals surface area contributed by atoms with E-state index in [2.05, 4.69) is 20.6 Å². The topological polar surface area (TPSA) is 58.4 Å². The maximum absolute atomic E-state index is 13.5. The second-order valence-corrected chi connectivity index (χ2v) is 8.33. The lowest BCUT2D eigenvalue weighted by molar-refractivity contribution is -0.126. The van der Waals surface area contributed by atoms with Crippen LogP contribution in [-0.4, -0.2) is 24.0 Å². The van der Waals surface area contributed by atoms with Gasteiger partial charge in [-0.2, -0.15) is 0 Å². The van der Waals surface area contributed by atoms with Crippen molar-refractivity contribution < 1.29 is 13.6 Å². The number of nitrogens with one attached hydrogen (secondary N) is 1. The molecule has 3 aromatic rings. The number of hydrogen-bond acceptors (Lipinski definition) is 5. The van der Waals surface area contributed by atoms with Crippen LogP contribution >= 0.6 is 11.3 Å². The first-order valence-corrected chi connectivity index (χ1v) is 10.5. The van der Waals surface area contributed by atoms with Gasteiger partial charge < -0.3 is 14.6 Å². The predicted molar refractivity (Wildman–Crippen MR) is 109 cm³/mol. The van der Waals surface area contributed by atoms with E-state index in [1.165, 1.54) is 12.1 Å². The standard InChI is InChI=1S/C21H24FN3O2S/c1-12-11-28-21(23-12)25-8-6-15(7-9-25)20(26)24-14(3)19-13(2)17-10-16(22)4-5-18(17)27-19/h4-5,10-11,14-15H,6-9H2,1-3H3,(H,24,26). The van der Waals surface area contributed by atoms with E-state index in [1.54, 1.807) is 17.4 Å². The summed E-state index contributed by atoms with van der Waals surface area (Å²) in [6, 6.07) is 4.23. The Morgan fingerprint density at radius 3 is 2.79 bits per heavy atom. The molecule has 1 N–H and O–H groups in total. The number of thiazole rings is 1. The molecular formula is C21H24FN3O2S. The first kappa shape index (κ1) is 18.9. The minimum atomic E-state index is -0.290. The van der Waals surface area contributed by atoms with E-state index < -0.39 is 0 Å².